The fourth-order valence-electron chi connectivity index (χ4n) is 5.11. The number of aromatic nitrogens is 2. The quantitative estimate of drug-likeness (QED) is 0.130. The Hall–Kier alpha value is -5.78. The number of benzene rings is 4. The van der Waals surface area contributed by atoms with Crippen LogP contribution in [0.4, 0.5) is 4.39 Å². The van der Waals surface area contributed by atoms with E-state index in [4.69, 9.17) is 21.4 Å². The molecule has 0 fully saturated rings. The summed E-state index contributed by atoms with van der Waals surface area (Å²) in [6.45, 7) is 1.79. The molecule has 4 aromatic carbocycles. The average molecular weight is 629 g/mol. The van der Waals surface area contributed by atoms with Gasteiger partial charge in [-0.05, 0) is 84.3 Å². The van der Waals surface area contributed by atoms with Gasteiger partial charge in [-0.1, -0.05) is 60.1 Å². The van der Waals surface area contributed by atoms with Crippen molar-refractivity contribution in [1.82, 2.24) is 14.7 Å². The van der Waals surface area contributed by atoms with Gasteiger partial charge in [0.15, 0.2) is 0 Å². The van der Waals surface area contributed by atoms with Crippen LogP contribution in [0.25, 0.3) is 23.0 Å². The molecule has 0 aliphatic carbocycles. The van der Waals surface area contributed by atoms with Crippen molar-refractivity contribution in [3.8, 4) is 28.8 Å². The molecular weight excluding hydrogens is 603 g/mol. The first kappa shape index (κ1) is 30.3. The maximum absolute atomic E-state index is 13.9. The molecule has 2 heterocycles. The van der Waals surface area contributed by atoms with Crippen LogP contribution in [-0.2, 0) is 22.7 Å². The largest absolute Gasteiger partial charge is 0.489 e. The molecule has 1 aliphatic rings. The SMILES string of the molecule is CC1=C(C#N)C(=O)N(Cc2ccccc2Cl)C(=O)/C1=C/c1cn(-c2ccccc2)nc1-c1ccc(OCc2ccc(F)cc2)cc1. The molecule has 0 spiro atoms. The Bertz CT molecular complexity index is 2040. The van der Waals surface area contributed by atoms with Crippen LogP contribution >= 0.6 is 11.6 Å². The van der Waals surface area contributed by atoms with Gasteiger partial charge in [-0.15, -0.1) is 0 Å². The molecule has 46 heavy (non-hydrogen) atoms. The van der Waals surface area contributed by atoms with Crippen molar-refractivity contribution in [2.24, 2.45) is 0 Å². The lowest BCUT2D eigenvalue weighted by atomic mass is 9.93. The summed E-state index contributed by atoms with van der Waals surface area (Å²) in [6.07, 6.45) is 3.47. The number of hydrogen-bond acceptors (Lipinski definition) is 5. The monoisotopic (exact) mass is 628 g/mol. The number of amides is 2. The van der Waals surface area contributed by atoms with Crippen molar-refractivity contribution in [2.45, 2.75) is 20.1 Å². The van der Waals surface area contributed by atoms with Gasteiger partial charge in [0.1, 0.15) is 29.8 Å². The Morgan fingerprint density at radius 1 is 0.913 bits per heavy atom. The van der Waals surface area contributed by atoms with Gasteiger partial charge >= 0.3 is 0 Å². The van der Waals surface area contributed by atoms with Crippen molar-refractivity contribution < 1.29 is 18.7 Å². The molecular formula is C37H26ClFN4O3. The van der Waals surface area contributed by atoms with Gasteiger partial charge in [0.25, 0.3) is 11.8 Å². The summed E-state index contributed by atoms with van der Waals surface area (Å²) in [5.41, 5.74) is 4.55. The van der Waals surface area contributed by atoms with Crippen molar-refractivity contribution in [3.05, 3.63) is 154 Å². The van der Waals surface area contributed by atoms with E-state index in [9.17, 15) is 19.2 Å². The van der Waals surface area contributed by atoms with Crippen LogP contribution in [0.3, 0.4) is 0 Å². The summed E-state index contributed by atoms with van der Waals surface area (Å²) in [4.78, 5) is 28.2. The molecule has 5 aromatic rings. The molecule has 0 N–H and O–H groups in total. The van der Waals surface area contributed by atoms with Crippen molar-refractivity contribution >= 4 is 29.5 Å². The smallest absolute Gasteiger partial charge is 0.271 e. The predicted molar refractivity (Wildman–Crippen MR) is 173 cm³/mol. The number of nitrogens with zero attached hydrogens (tertiary/aromatic N) is 4. The molecule has 9 heteroatoms. The number of carbonyl (C=O) groups excluding carboxylic acids is 2. The highest BCUT2D eigenvalue weighted by molar-refractivity contribution is 6.31. The van der Waals surface area contributed by atoms with Gasteiger partial charge in [0, 0.05) is 27.9 Å². The van der Waals surface area contributed by atoms with Crippen molar-refractivity contribution in [3.63, 3.8) is 0 Å². The first-order valence-electron chi connectivity index (χ1n) is 14.4. The first-order valence-corrected chi connectivity index (χ1v) is 14.8. The van der Waals surface area contributed by atoms with Crippen LogP contribution in [0, 0.1) is 17.1 Å². The van der Waals surface area contributed by atoms with Crippen LogP contribution in [0.2, 0.25) is 5.02 Å². The summed E-state index contributed by atoms with van der Waals surface area (Å²) in [5.74, 6) is -0.898. The Kier molecular flexibility index (Phi) is 8.59. The van der Waals surface area contributed by atoms with Crippen LogP contribution in [0.15, 0.2) is 126 Å². The minimum absolute atomic E-state index is 0.0807. The average Bonchev–Trinajstić information content (AvgIpc) is 3.50. The summed E-state index contributed by atoms with van der Waals surface area (Å²) >= 11 is 6.35. The van der Waals surface area contributed by atoms with E-state index >= 15 is 0 Å². The summed E-state index contributed by atoms with van der Waals surface area (Å²) in [7, 11) is 0. The molecule has 0 saturated heterocycles. The second-order valence-corrected chi connectivity index (χ2v) is 11.0. The number of imide groups is 1. The first-order chi connectivity index (χ1) is 22.3. The molecule has 0 atom stereocenters. The fourth-order valence-corrected chi connectivity index (χ4v) is 5.31. The zero-order chi connectivity index (χ0) is 32.2. The van der Waals surface area contributed by atoms with Gasteiger partial charge in [-0.2, -0.15) is 10.4 Å². The van der Waals surface area contributed by atoms with E-state index in [1.165, 1.54) is 12.1 Å². The number of para-hydroxylation sites is 1. The van der Waals surface area contributed by atoms with Gasteiger partial charge in [-0.3, -0.25) is 14.5 Å². The number of halogens is 2. The molecule has 6 rings (SSSR count). The van der Waals surface area contributed by atoms with Crippen LogP contribution in [-0.4, -0.2) is 26.5 Å². The van der Waals surface area contributed by atoms with Gasteiger partial charge < -0.3 is 4.74 Å². The van der Waals surface area contributed by atoms with E-state index < -0.39 is 11.8 Å². The number of hydrogen-bond donors (Lipinski definition) is 0. The zero-order valence-corrected chi connectivity index (χ0v) is 25.4. The molecule has 1 aliphatic heterocycles. The molecule has 1 aromatic heterocycles. The highest BCUT2D eigenvalue weighted by atomic mass is 35.5. The minimum atomic E-state index is -0.668. The highest BCUT2D eigenvalue weighted by Gasteiger charge is 2.36. The van der Waals surface area contributed by atoms with Crippen LogP contribution in [0.5, 0.6) is 5.75 Å². The number of rotatable bonds is 8. The Morgan fingerprint density at radius 3 is 2.30 bits per heavy atom. The van der Waals surface area contributed by atoms with E-state index in [1.807, 2.05) is 60.7 Å². The molecule has 2 amide bonds. The fraction of sp³-hybridized carbons (Fsp3) is 0.0811. The lowest BCUT2D eigenvalue weighted by Gasteiger charge is -2.27. The van der Waals surface area contributed by atoms with E-state index in [-0.39, 0.29) is 35.7 Å². The highest BCUT2D eigenvalue weighted by Crippen LogP contribution is 2.33. The van der Waals surface area contributed by atoms with Gasteiger partial charge in [0.05, 0.1) is 17.9 Å². The second kappa shape index (κ2) is 13.1. The molecule has 0 unspecified atom stereocenters. The summed E-state index contributed by atoms with van der Waals surface area (Å²) in [6, 6.07) is 31.9. The molecule has 226 valence electrons. The number of ether oxygens (including phenoxy) is 1. The lowest BCUT2D eigenvalue weighted by Crippen LogP contribution is -2.42. The molecule has 0 bridgehead atoms. The normalized spacial score (nSPS) is 14.1. The summed E-state index contributed by atoms with van der Waals surface area (Å²) < 4.78 is 20.9. The third-order valence-electron chi connectivity index (χ3n) is 7.62. The number of nitriles is 1. The van der Waals surface area contributed by atoms with E-state index in [0.717, 1.165) is 21.7 Å². The zero-order valence-electron chi connectivity index (χ0n) is 24.7. The van der Waals surface area contributed by atoms with Crippen LogP contribution < -0.4 is 4.74 Å². The molecule has 0 radical (unpaired) electrons. The Balaban J connectivity index is 1.38. The van der Waals surface area contributed by atoms with E-state index in [2.05, 4.69) is 0 Å². The Labute approximate surface area is 270 Å². The van der Waals surface area contributed by atoms with Gasteiger partial charge in [0.2, 0.25) is 0 Å². The molecule has 0 saturated carbocycles. The maximum atomic E-state index is 13.9. The van der Waals surface area contributed by atoms with Crippen molar-refractivity contribution in [2.75, 3.05) is 0 Å². The van der Waals surface area contributed by atoms with Crippen molar-refractivity contribution in [1.29, 1.82) is 5.26 Å². The maximum Gasteiger partial charge on any atom is 0.271 e. The van der Waals surface area contributed by atoms with Gasteiger partial charge in [-0.25, -0.2) is 9.07 Å². The lowest BCUT2D eigenvalue weighted by molar-refractivity contribution is -0.141. The molecule has 7 nitrogen and oxygen atoms in total. The third-order valence-corrected chi connectivity index (χ3v) is 7.99. The predicted octanol–water partition coefficient (Wildman–Crippen LogP) is 7.70. The Morgan fingerprint density at radius 2 is 1.61 bits per heavy atom. The van der Waals surface area contributed by atoms with Crippen LogP contribution in [0.1, 0.15) is 23.6 Å². The van der Waals surface area contributed by atoms with E-state index in [1.54, 1.807) is 60.3 Å². The third kappa shape index (κ3) is 6.23. The topological polar surface area (TPSA) is 88.2 Å². The minimum Gasteiger partial charge on any atom is -0.489 e. The summed E-state index contributed by atoms with van der Waals surface area (Å²) in [5, 5.41) is 15.2. The number of carbonyl (C=O) groups is 2. The van der Waals surface area contributed by atoms with E-state index in [0.29, 0.717) is 27.6 Å². The standard InChI is InChI=1S/C37H26ClFN4O3/c1-24-32(36(44)42(37(45)33(24)20-40)21-27-7-5-6-10-34(27)38)19-28-22-43(30-8-3-2-4-9-30)41-35(28)26-13-17-31(18-14-26)46-23-25-11-15-29(39)16-12-25/h2-19,22H,21,23H2,1H3/b32-19+. The second-order valence-electron chi connectivity index (χ2n) is 10.6.